The first kappa shape index (κ1) is 45.8. The maximum atomic E-state index is 12.5. The summed E-state index contributed by atoms with van der Waals surface area (Å²) in [5, 5.41) is 11.6. The monoisotopic (exact) mass is 685 g/mol. The number of rotatable bonds is 31. The summed E-state index contributed by atoms with van der Waals surface area (Å²) in [5.74, 6) is -1.92. The van der Waals surface area contributed by atoms with E-state index in [9.17, 15) is 19.5 Å². The molecule has 2 unspecified atom stereocenters. The standard InChI is InChI=1S/C41H67NO7/c1-6-8-10-12-14-16-17-18-19-20-21-22-24-25-27-29-31-39(43)48-36-37(35-47-34-33-38(41(45)46)42(3,4)5)49-40(44)32-30-28-26-23-15-13-11-9-7-2/h8-11,14-16,18-19,23,28,30,37-38H,6-7,12-13,17,20-22,24-27,29,31-36H2,1-5H3/b10-8+,11-9+,16-14+,19-18+,23-15+,30-28+. The molecule has 0 heterocycles. The number of aliphatic carboxylic acids is 1. The molecule has 0 saturated heterocycles. The first-order valence-corrected chi connectivity index (χ1v) is 18.5. The number of nitrogens with zero attached hydrogens (tertiary/aromatic N) is 1. The SMILES string of the molecule is CC/C=C/C/C=C/C/C=C/CCCCCCCCC(=O)OCC(COCCC(C(=O)[O-])[N+](C)(C)C)OC(=O)C/C=C/C/C=C/C/C=C/CC. The molecule has 0 bridgehead atoms. The Kier molecular flexibility index (Phi) is 29.9. The minimum absolute atomic E-state index is 0.00378. The van der Waals surface area contributed by atoms with E-state index < -0.39 is 24.1 Å². The molecule has 278 valence electrons. The van der Waals surface area contributed by atoms with Crippen LogP contribution in [0, 0.1) is 0 Å². The number of carbonyl (C=O) groups is 3. The number of carboxylic acids is 1. The summed E-state index contributed by atoms with van der Waals surface area (Å²) < 4.78 is 16.9. The Bertz CT molecular complexity index is 1030. The molecular weight excluding hydrogens is 618 g/mol. The first-order chi connectivity index (χ1) is 23.6. The van der Waals surface area contributed by atoms with Crippen LogP contribution in [0.4, 0.5) is 0 Å². The molecule has 49 heavy (non-hydrogen) atoms. The minimum atomic E-state index is -1.14. The quantitative estimate of drug-likeness (QED) is 0.0316. The number of esters is 2. The Hall–Kier alpha value is -3.23. The van der Waals surface area contributed by atoms with Crippen molar-refractivity contribution in [1.82, 2.24) is 0 Å². The summed E-state index contributed by atoms with van der Waals surface area (Å²) in [7, 11) is 5.35. The number of ether oxygens (including phenoxy) is 3. The van der Waals surface area contributed by atoms with Gasteiger partial charge in [-0.05, 0) is 57.8 Å². The number of allylic oxidation sites excluding steroid dienone is 11. The van der Waals surface area contributed by atoms with Gasteiger partial charge in [-0.15, -0.1) is 0 Å². The molecule has 0 rings (SSSR count). The van der Waals surface area contributed by atoms with Crippen LogP contribution in [0.15, 0.2) is 72.9 Å². The third-order valence-corrected chi connectivity index (χ3v) is 7.62. The van der Waals surface area contributed by atoms with Crippen LogP contribution in [0.5, 0.6) is 0 Å². The average molecular weight is 686 g/mol. The van der Waals surface area contributed by atoms with E-state index in [1.54, 1.807) is 27.2 Å². The van der Waals surface area contributed by atoms with Crippen molar-refractivity contribution in [1.29, 1.82) is 0 Å². The van der Waals surface area contributed by atoms with Crippen LogP contribution >= 0.6 is 0 Å². The number of likely N-dealkylation sites (N-methyl/N-ethyl adjacent to an activating group) is 1. The molecule has 0 aliphatic carbocycles. The largest absolute Gasteiger partial charge is 0.544 e. The zero-order valence-electron chi connectivity index (χ0n) is 31.3. The van der Waals surface area contributed by atoms with Crippen LogP contribution in [-0.4, -0.2) is 75.5 Å². The molecule has 0 spiro atoms. The van der Waals surface area contributed by atoms with E-state index in [0.29, 0.717) is 6.42 Å². The molecule has 0 N–H and O–H groups in total. The van der Waals surface area contributed by atoms with E-state index in [1.165, 1.54) is 12.8 Å². The lowest BCUT2D eigenvalue weighted by Gasteiger charge is -2.34. The minimum Gasteiger partial charge on any atom is -0.544 e. The highest BCUT2D eigenvalue weighted by Crippen LogP contribution is 2.11. The summed E-state index contributed by atoms with van der Waals surface area (Å²) in [6.07, 6.45) is 38.3. The molecule has 0 aromatic heterocycles. The number of hydrogen-bond acceptors (Lipinski definition) is 7. The second kappa shape index (κ2) is 32.0. The maximum Gasteiger partial charge on any atom is 0.310 e. The smallest absolute Gasteiger partial charge is 0.310 e. The van der Waals surface area contributed by atoms with Gasteiger partial charge in [0, 0.05) is 12.8 Å². The van der Waals surface area contributed by atoms with Gasteiger partial charge in [0.25, 0.3) is 0 Å². The van der Waals surface area contributed by atoms with Gasteiger partial charge in [0.2, 0.25) is 0 Å². The van der Waals surface area contributed by atoms with Crippen LogP contribution in [-0.2, 0) is 28.6 Å². The molecule has 0 radical (unpaired) electrons. The number of hydrogen-bond donors (Lipinski definition) is 0. The van der Waals surface area contributed by atoms with Gasteiger partial charge in [-0.1, -0.05) is 112 Å². The van der Waals surface area contributed by atoms with E-state index in [4.69, 9.17) is 14.2 Å². The third-order valence-electron chi connectivity index (χ3n) is 7.62. The van der Waals surface area contributed by atoms with Gasteiger partial charge in [0.15, 0.2) is 6.10 Å². The normalized spacial score (nSPS) is 13.9. The highest BCUT2D eigenvalue weighted by Gasteiger charge is 2.25. The van der Waals surface area contributed by atoms with Crippen molar-refractivity contribution < 1.29 is 38.2 Å². The Morgan fingerprint density at radius 1 is 0.633 bits per heavy atom. The fraction of sp³-hybridized carbons (Fsp3) is 0.634. The fourth-order valence-electron chi connectivity index (χ4n) is 4.79. The van der Waals surface area contributed by atoms with Crippen molar-refractivity contribution in [2.24, 2.45) is 0 Å². The summed E-state index contributed by atoms with van der Waals surface area (Å²) in [6.45, 7) is 4.27. The number of quaternary nitrogens is 1. The summed E-state index contributed by atoms with van der Waals surface area (Å²) in [5.41, 5.74) is 0. The van der Waals surface area contributed by atoms with Gasteiger partial charge in [-0.2, -0.15) is 0 Å². The van der Waals surface area contributed by atoms with Crippen LogP contribution < -0.4 is 5.11 Å². The second-order valence-corrected chi connectivity index (χ2v) is 13.1. The van der Waals surface area contributed by atoms with Gasteiger partial charge in [-0.3, -0.25) is 9.59 Å². The first-order valence-electron chi connectivity index (χ1n) is 18.5. The van der Waals surface area contributed by atoms with Crippen molar-refractivity contribution in [2.45, 2.75) is 129 Å². The predicted octanol–water partition coefficient (Wildman–Crippen LogP) is 7.90. The topological polar surface area (TPSA) is 102 Å². The van der Waals surface area contributed by atoms with Crippen LogP contribution in [0.2, 0.25) is 0 Å². The lowest BCUT2D eigenvalue weighted by atomic mass is 10.1. The van der Waals surface area contributed by atoms with Gasteiger partial charge in [-0.25, -0.2) is 0 Å². The predicted molar refractivity (Wildman–Crippen MR) is 199 cm³/mol. The molecule has 8 nitrogen and oxygen atoms in total. The van der Waals surface area contributed by atoms with Crippen molar-refractivity contribution in [3.63, 3.8) is 0 Å². The van der Waals surface area contributed by atoms with E-state index in [2.05, 4.69) is 68.5 Å². The summed E-state index contributed by atoms with van der Waals surface area (Å²) in [4.78, 5) is 36.5. The molecule has 0 aromatic carbocycles. The van der Waals surface area contributed by atoms with Crippen molar-refractivity contribution in [3.8, 4) is 0 Å². The molecular formula is C41H67NO7. The zero-order chi connectivity index (χ0) is 36.4. The van der Waals surface area contributed by atoms with Crippen LogP contribution in [0.1, 0.15) is 117 Å². The molecule has 0 aromatic rings. The Balaban J connectivity index is 4.49. The number of unbranched alkanes of at least 4 members (excludes halogenated alkanes) is 6. The molecule has 0 saturated carbocycles. The number of carboxylic acid groups (broad SMARTS) is 1. The van der Waals surface area contributed by atoms with Gasteiger partial charge in [0.05, 0.1) is 46.7 Å². The molecule has 0 fully saturated rings. The summed E-state index contributed by atoms with van der Waals surface area (Å²) in [6, 6.07) is -0.743. The van der Waals surface area contributed by atoms with Gasteiger partial charge < -0.3 is 28.6 Å². The lowest BCUT2D eigenvalue weighted by Crippen LogP contribution is -2.55. The highest BCUT2D eigenvalue weighted by molar-refractivity contribution is 5.71. The zero-order valence-corrected chi connectivity index (χ0v) is 31.3. The van der Waals surface area contributed by atoms with Crippen LogP contribution in [0.25, 0.3) is 0 Å². The highest BCUT2D eigenvalue weighted by atomic mass is 16.6. The van der Waals surface area contributed by atoms with E-state index >= 15 is 0 Å². The third kappa shape index (κ3) is 30.6. The fourth-order valence-corrected chi connectivity index (χ4v) is 4.79. The molecule has 0 amide bonds. The Labute approximate surface area is 298 Å². The molecule has 0 aliphatic rings. The van der Waals surface area contributed by atoms with Crippen molar-refractivity contribution in [2.75, 3.05) is 41.0 Å². The number of carbonyl (C=O) groups excluding carboxylic acids is 3. The lowest BCUT2D eigenvalue weighted by molar-refractivity contribution is -0.889. The molecule has 0 aliphatic heterocycles. The van der Waals surface area contributed by atoms with Gasteiger partial charge >= 0.3 is 11.9 Å². The van der Waals surface area contributed by atoms with Gasteiger partial charge in [0.1, 0.15) is 12.6 Å². The molecule has 2 atom stereocenters. The maximum absolute atomic E-state index is 12.5. The van der Waals surface area contributed by atoms with Crippen molar-refractivity contribution in [3.05, 3.63) is 72.9 Å². The van der Waals surface area contributed by atoms with E-state index in [1.807, 2.05) is 12.2 Å². The van der Waals surface area contributed by atoms with E-state index in [0.717, 1.165) is 70.6 Å². The van der Waals surface area contributed by atoms with Crippen molar-refractivity contribution >= 4 is 17.9 Å². The van der Waals surface area contributed by atoms with Crippen LogP contribution in [0.3, 0.4) is 0 Å². The average Bonchev–Trinajstić information content (AvgIpc) is 3.05. The second-order valence-electron chi connectivity index (χ2n) is 13.1. The Morgan fingerprint density at radius 3 is 1.69 bits per heavy atom. The van der Waals surface area contributed by atoms with E-state index in [-0.39, 0.29) is 43.1 Å². The Morgan fingerprint density at radius 2 is 1.14 bits per heavy atom. The summed E-state index contributed by atoms with van der Waals surface area (Å²) >= 11 is 0. The molecule has 8 heteroatoms.